The Morgan fingerprint density at radius 1 is 1.25 bits per heavy atom. The smallest absolute Gasteiger partial charge is 0.179 e. The molecule has 2 atom stereocenters. The van der Waals surface area contributed by atoms with Gasteiger partial charge in [-0.05, 0) is 31.9 Å². The monoisotopic (exact) mass is 343 g/mol. The summed E-state index contributed by atoms with van der Waals surface area (Å²) in [7, 11) is 0. The highest BCUT2D eigenvalue weighted by atomic mass is 32.1. The molecule has 24 heavy (non-hydrogen) atoms. The first-order valence-corrected chi connectivity index (χ1v) is 9.30. The fourth-order valence-electron chi connectivity index (χ4n) is 3.45. The molecule has 0 bridgehead atoms. The molecule has 1 N–H and O–H groups in total. The van der Waals surface area contributed by atoms with Crippen molar-refractivity contribution in [3.63, 3.8) is 0 Å². The van der Waals surface area contributed by atoms with Gasteiger partial charge in [0.1, 0.15) is 5.69 Å². The number of hydrogen-bond donors (Lipinski definition) is 1. The number of rotatable bonds is 4. The number of thiazole rings is 1. The van der Waals surface area contributed by atoms with E-state index >= 15 is 0 Å². The van der Waals surface area contributed by atoms with E-state index < -0.39 is 0 Å². The molecule has 0 aliphatic carbocycles. The number of Topliss-reactive ketones (excluding diaryl/α,β-unsaturated/α-hetero) is 1. The van der Waals surface area contributed by atoms with E-state index in [4.69, 9.17) is 0 Å². The minimum Gasteiger partial charge on any atom is -0.309 e. The first-order chi connectivity index (χ1) is 11.4. The van der Waals surface area contributed by atoms with Crippen LogP contribution < -0.4 is 5.32 Å². The van der Waals surface area contributed by atoms with Gasteiger partial charge in [0.15, 0.2) is 5.78 Å². The molecule has 128 valence electrons. The summed E-state index contributed by atoms with van der Waals surface area (Å²) in [6.45, 7) is 11.1. The molecule has 1 aromatic heterocycles. The van der Waals surface area contributed by atoms with Crippen LogP contribution in [0, 0.1) is 6.92 Å². The number of nitrogens with one attached hydrogen (secondary N) is 1. The maximum absolute atomic E-state index is 11.8. The Morgan fingerprint density at radius 2 is 1.88 bits per heavy atom. The van der Waals surface area contributed by atoms with Gasteiger partial charge >= 0.3 is 0 Å². The number of nitrogens with zero attached hydrogens (tertiary/aromatic N) is 2. The van der Waals surface area contributed by atoms with Gasteiger partial charge in [-0.1, -0.05) is 24.3 Å². The van der Waals surface area contributed by atoms with Crippen LogP contribution >= 0.6 is 11.3 Å². The van der Waals surface area contributed by atoms with E-state index in [1.807, 2.05) is 6.92 Å². The van der Waals surface area contributed by atoms with E-state index in [0.717, 1.165) is 35.1 Å². The molecule has 0 radical (unpaired) electrons. The molecule has 3 rings (SSSR count). The number of ketones is 1. The lowest BCUT2D eigenvalue weighted by Gasteiger charge is -2.36. The number of carbonyl (C=O) groups excluding carboxylic acids is 1. The second-order valence-corrected chi connectivity index (χ2v) is 8.03. The topological polar surface area (TPSA) is 45.2 Å². The largest absolute Gasteiger partial charge is 0.309 e. The maximum atomic E-state index is 11.8. The number of aryl methyl sites for hydroxylation is 1. The first-order valence-electron chi connectivity index (χ1n) is 8.48. The van der Waals surface area contributed by atoms with Crippen LogP contribution in [0.25, 0.3) is 10.4 Å². The van der Waals surface area contributed by atoms with Crippen LogP contribution in [0.4, 0.5) is 0 Å². The number of carbonyl (C=O) groups is 1. The van der Waals surface area contributed by atoms with Crippen molar-refractivity contribution in [1.82, 2.24) is 15.2 Å². The third-order valence-corrected chi connectivity index (χ3v) is 5.34. The number of piperazine rings is 1. The summed E-state index contributed by atoms with van der Waals surface area (Å²) in [5.74, 6) is 0.0298. The molecule has 2 heterocycles. The van der Waals surface area contributed by atoms with Crippen molar-refractivity contribution < 1.29 is 4.79 Å². The van der Waals surface area contributed by atoms with Crippen LogP contribution in [0.3, 0.4) is 0 Å². The van der Waals surface area contributed by atoms with Gasteiger partial charge in [0.2, 0.25) is 0 Å². The third-order valence-electron chi connectivity index (χ3n) is 4.32. The Labute approximate surface area is 147 Å². The van der Waals surface area contributed by atoms with Crippen LogP contribution in [0.15, 0.2) is 24.3 Å². The summed E-state index contributed by atoms with van der Waals surface area (Å²) >= 11 is 1.59. The first kappa shape index (κ1) is 17.3. The molecule has 0 spiro atoms. The Balaban J connectivity index is 1.75. The minimum absolute atomic E-state index is 0.0298. The van der Waals surface area contributed by atoms with Crippen LogP contribution in [0.2, 0.25) is 0 Å². The highest BCUT2D eigenvalue weighted by Crippen LogP contribution is 2.30. The fraction of sp³-hybridized carbons (Fsp3) is 0.474. The van der Waals surface area contributed by atoms with Gasteiger partial charge < -0.3 is 5.32 Å². The Bertz CT molecular complexity index is 713. The predicted molar refractivity (Wildman–Crippen MR) is 99.6 cm³/mol. The highest BCUT2D eigenvalue weighted by Gasteiger charge is 2.21. The molecule has 1 saturated heterocycles. The number of benzene rings is 1. The summed E-state index contributed by atoms with van der Waals surface area (Å²) < 4.78 is 0. The molecule has 1 aromatic carbocycles. The molecule has 1 fully saturated rings. The zero-order valence-electron chi connectivity index (χ0n) is 14.8. The highest BCUT2D eigenvalue weighted by molar-refractivity contribution is 7.15. The number of aromatic nitrogens is 1. The van der Waals surface area contributed by atoms with Crippen molar-refractivity contribution in [2.45, 2.75) is 46.3 Å². The average Bonchev–Trinajstić information content (AvgIpc) is 2.89. The third kappa shape index (κ3) is 3.91. The van der Waals surface area contributed by atoms with Gasteiger partial charge in [0.25, 0.3) is 0 Å². The fourth-order valence-corrected chi connectivity index (χ4v) is 4.42. The van der Waals surface area contributed by atoms with E-state index in [2.05, 4.69) is 53.3 Å². The summed E-state index contributed by atoms with van der Waals surface area (Å²) in [6, 6.07) is 9.64. The van der Waals surface area contributed by atoms with E-state index in [9.17, 15) is 4.79 Å². The van der Waals surface area contributed by atoms with Crippen LogP contribution in [0.1, 0.15) is 41.8 Å². The lowest BCUT2D eigenvalue weighted by atomic mass is 10.1. The molecule has 5 heteroatoms. The molecule has 4 nitrogen and oxygen atoms in total. The lowest BCUT2D eigenvalue weighted by Crippen LogP contribution is -2.53. The van der Waals surface area contributed by atoms with Gasteiger partial charge in [-0.15, -0.1) is 11.3 Å². The second kappa shape index (κ2) is 7.13. The quantitative estimate of drug-likeness (QED) is 0.863. The summed E-state index contributed by atoms with van der Waals surface area (Å²) in [6.07, 6.45) is 0. The van der Waals surface area contributed by atoms with Crippen LogP contribution in [-0.2, 0) is 6.54 Å². The van der Waals surface area contributed by atoms with Crippen molar-refractivity contribution in [3.8, 4) is 10.4 Å². The Morgan fingerprint density at radius 3 is 2.46 bits per heavy atom. The van der Waals surface area contributed by atoms with Crippen molar-refractivity contribution in [2.24, 2.45) is 0 Å². The molecular weight excluding hydrogens is 318 g/mol. The maximum Gasteiger partial charge on any atom is 0.179 e. The average molecular weight is 343 g/mol. The summed E-state index contributed by atoms with van der Waals surface area (Å²) in [4.78, 5) is 19.6. The molecule has 0 saturated carbocycles. The van der Waals surface area contributed by atoms with Gasteiger partial charge in [-0.2, -0.15) is 0 Å². The van der Waals surface area contributed by atoms with Gasteiger partial charge in [0, 0.05) is 38.6 Å². The van der Waals surface area contributed by atoms with Crippen molar-refractivity contribution in [2.75, 3.05) is 13.1 Å². The molecule has 0 amide bonds. The van der Waals surface area contributed by atoms with Gasteiger partial charge in [-0.25, -0.2) is 4.98 Å². The van der Waals surface area contributed by atoms with Gasteiger partial charge in [-0.3, -0.25) is 9.69 Å². The van der Waals surface area contributed by atoms with E-state index in [1.165, 1.54) is 5.56 Å². The summed E-state index contributed by atoms with van der Waals surface area (Å²) in [5, 5.41) is 4.50. The van der Waals surface area contributed by atoms with E-state index in [-0.39, 0.29) is 5.78 Å². The molecular formula is C19H25N3OS. The van der Waals surface area contributed by atoms with Crippen molar-refractivity contribution in [1.29, 1.82) is 0 Å². The summed E-state index contributed by atoms with van der Waals surface area (Å²) in [5.41, 5.74) is 2.98. The molecule has 1 aliphatic heterocycles. The Hall–Kier alpha value is -1.56. The normalized spacial score (nSPS) is 21.8. The molecule has 0 unspecified atom stereocenters. The molecule has 1 aliphatic rings. The van der Waals surface area contributed by atoms with E-state index in [0.29, 0.717) is 17.8 Å². The van der Waals surface area contributed by atoms with Crippen molar-refractivity contribution in [3.05, 3.63) is 40.5 Å². The SMILES string of the molecule is CC(=O)c1nc(C)sc1-c1ccc(CN2C[C@@H](C)N[C@@H](C)C2)cc1. The van der Waals surface area contributed by atoms with E-state index in [1.54, 1.807) is 18.3 Å². The molecule has 2 aromatic rings. The van der Waals surface area contributed by atoms with Gasteiger partial charge in [0.05, 0.1) is 9.88 Å². The van der Waals surface area contributed by atoms with Crippen molar-refractivity contribution >= 4 is 17.1 Å². The minimum atomic E-state index is 0.0298. The predicted octanol–water partition coefficient (Wildman–Crippen LogP) is 3.50. The second-order valence-electron chi connectivity index (χ2n) is 6.83. The lowest BCUT2D eigenvalue weighted by molar-refractivity contribution is 0.101. The zero-order valence-corrected chi connectivity index (χ0v) is 15.6. The van der Waals surface area contributed by atoms with Crippen LogP contribution in [0.5, 0.6) is 0 Å². The zero-order chi connectivity index (χ0) is 17.3. The standard InChI is InChI=1S/C19H25N3OS/c1-12-9-22(10-13(2)20-12)11-16-5-7-17(8-6-16)19-18(14(3)23)21-15(4)24-19/h5-8,12-13,20H,9-11H2,1-4H3/t12-,13+. The van der Waals surface area contributed by atoms with Crippen LogP contribution in [-0.4, -0.2) is 40.8 Å². The number of hydrogen-bond acceptors (Lipinski definition) is 5. The Kier molecular flexibility index (Phi) is 5.13.